The quantitative estimate of drug-likeness (QED) is 0.402. The largest absolute Gasteiger partial charge is 0.467 e. The maximum Gasteiger partial charge on any atom is 0.328 e. The summed E-state index contributed by atoms with van der Waals surface area (Å²) in [5, 5.41) is 7.05. The highest BCUT2D eigenvalue weighted by atomic mass is 35.5. The van der Waals surface area contributed by atoms with Crippen LogP contribution >= 0.6 is 11.6 Å². The molecule has 2 amide bonds. The fraction of sp³-hybridized carbons (Fsp3) is 0.533. The molecule has 2 bridgehead atoms. The summed E-state index contributed by atoms with van der Waals surface area (Å²) in [4.78, 5) is 26.2. The summed E-state index contributed by atoms with van der Waals surface area (Å²) in [5.41, 5.74) is 4.07. The Balaban J connectivity index is 1.25. The molecule has 1 heterocycles. The number of hydrogen-bond acceptors (Lipinski definition) is 4. The SMILES string of the molecule is COC(=O)C1CCCN1C(=O)Nc1ccc(Nc2ccc(C34CC(C)CC(CC(C)C3)C4)cc2Cl)cc1. The number of fused-ring (bicyclic) bond motifs is 2. The van der Waals surface area contributed by atoms with Crippen LogP contribution in [-0.2, 0) is 14.9 Å². The van der Waals surface area contributed by atoms with Crippen LogP contribution in [0.2, 0.25) is 5.02 Å². The zero-order valence-corrected chi connectivity index (χ0v) is 22.8. The van der Waals surface area contributed by atoms with E-state index in [-0.39, 0.29) is 17.4 Å². The first kappa shape index (κ1) is 25.9. The van der Waals surface area contributed by atoms with E-state index in [2.05, 4.69) is 42.7 Å². The molecule has 0 spiro atoms. The molecule has 2 N–H and O–H groups in total. The summed E-state index contributed by atoms with van der Waals surface area (Å²) >= 11 is 6.81. The summed E-state index contributed by atoms with van der Waals surface area (Å²) in [5.74, 6) is 1.99. The van der Waals surface area contributed by atoms with E-state index in [0.29, 0.717) is 18.7 Å². The van der Waals surface area contributed by atoms with Crippen molar-refractivity contribution in [2.45, 2.75) is 70.3 Å². The summed E-state index contributed by atoms with van der Waals surface area (Å²) in [6.07, 6.45) is 7.93. The molecule has 1 aliphatic heterocycles. The Labute approximate surface area is 225 Å². The van der Waals surface area contributed by atoms with Crippen LogP contribution in [0.5, 0.6) is 0 Å². The molecule has 37 heavy (non-hydrogen) atoms. The van der Waals surface area contributed by atoms with E-state index in [1.54, 1.807) is 4.90 Å². The minimum absolute atomic E-state index is 0.254. The van der Waals surface area contributed by atoms with Crippen LogP contribution in [-0.4, -0.2) is 36.6 Å². The molecule has 198 valence electrons. The number of rotatable bonds is 5. The first-order valence-electron chi connectivity index (χ1n) is 13.6. The Bertz CT molecular complexity index is 1130. The van der Waals surface area contributed by atoms with Crippen LogP contribution in [0.25, 0.3) is 0 Å². The third-order valence-corrected chi connectivity index (χ3v) is 8.93. The van der Waals surface area contributed by atoms with Crippen molar-refractivity contribution >= 4 is 40.7 Å². The van der Waals surface area contributed by atoms with Gasteiger partial charge in [-0.25, -0.2) is 9.59 Å². The lowest BCUT2D eigenvalue weighted by molar-refractivity contribution is -0.144. The van der Waals surface area contributed by atoms with Gasteiger partial charge in [0.2, 0.25) is 0 Å². The number of benzene rings is 2. The maximum absolute atomic E-state index is 12.7. The molecule has 3 fully saturated rings. The number of amides is 2. The van der Waals surface area contributed by atoms with Crippen LogP contribution in [0.3, 0.4) is 0 Å². The van der Waals surface area contributed by atoms with Crippen molar-refractivity contribution in [2.24, 2.45) is 17.8 Å². The van der Waals surface area contributed by atoms with Crippen molar-refractivity contribution in [1.82, 2.24) is 4.90 Å². The van der Waals surface area contributed by atoms with Gasteiger partial charge in [0.25, 0.3) is 0 Å². The zero-order valence-electron chi connectivity index (χ0n) is 22.1. The lowest BCUT2D eigenvalue weighted by Crippen LogP contribution is -2.43. The molecule has 7 heteroatoms. The van der Waals surface area contributed by atoms with Gasteiger partial charge in [-0.1, -0.05) is 31.5 Å². The van der Waals surface area contributed by atoms with E-state index >= 15 is 0 Å². The van der Waals surface area contributed by atoms with Crippen molar-refractivity contribution in [3.05, 3.63) is 53.1 Å². The van der Waals surface area contributed by atoms with Crippen molar-refractivity contribution in [1.29, 1.82) is 0 Å². The molecule has 3 atom stereocenters. The first-order valence-corrected chi connectivity index (χ1v) is 14.0. The maximum atomic E-state index is 12.7. The highest BCUT2D eigenvalue weighted by Gasteiger charge is 2.45. The Morgan fingerprint density at radius 3 is 2.32 bits per heavy atom. The molecule has 5 rings (SSSR count). The Kier molecular flexibility index (Phi) is 7.39. The summed E-state index contributed by atoms with van der Waals surface area (Å²) in [6, 6.07) is 13.3. The van der Waals surface area contributed by atoms with Gasteiger partial charge in [-0.2, -0.15) is 0 Å². The smallest absolute Gasteiger partial charge is 0.328 e. The topological polar surface area (TPSA) is 70.7 Å². The van der Waals surface area contributed by atoms with Gasteiger partial charge < -0.3 is 20.3 Å². The number of nitrogens with zero attached hydrogens (tertiary/aromatic N) is 1. The average Bonchev–Trinajstić information content (AvgIpc) is 3.35. The van der Waals surface area contributed by atoms with Crippen LogP contribution in [0.4, 0.5) is 21.9 Å². The third kappa shape index (κ3) is 5.45. The van der Waals surface area contributed by atoms with Crippen LogP contribution in [0.15, 0.2) is 42.5 Å². The van der Waals surface area contributed by atoms with Crippen molar-refractivity contribution in [2.75, 3.05) is 24.3 Å². The monoisotopic (exact) mass is 523 g/mol. The number of nitrogens with one attached hydrogen (secondary N) is 2. The minimum atomic E-state index is -0.518. The summed E-state index contributed by atoms with van der Waals surface area (Å²) in [6.45, 7) is 5.35. The molecule has 3 aliphatic rings. The molecule has 1 saturated heterocycles. The highest BCUT2D eigenvalue weighted by Crippen LogP contribution is 2.54. The molecular formula is C30H38ClN3O3. The van der Waals surface area contributed by atoms with E-state index in [0.717, 1.165) is 40.6 Å². The second-order valence-corrected chi connectivity index (χ2v) is 12.0. The Hall–Kier alpha value is -2.73. The summed E-state index contributed by atoms with van der Waals surface area (Å²) in [7, 11) is 1.35. The standard InChI is InChI=1S/C30H38ClN3O3/c1-19-13-21-14-20(2)17-30(16-19,18-21)22-6-11-26(25(31)15-22)32-23-7-9-24(10-8-23)33-29(36)34-12-4-5-27(34)28(35)37-3/h6-11,15,19-21,27,32H,4-5,12-14,16-18H2,1-3H3,(H,33,36). The molecular weight excluding hydrogens is 486 g/mol. The van der Waals surface area contributed by atoms with Gasteiger partial charge in [0.1, 0.15) is 6.04 Å². The number of likely N-dealkylation sites (tertiary alicyclic amines) is 1. The Morgan fingerprint density at radius 2 is 1.68 bits per heavy atom. The molecule has 2 aliphatic carbocycles. The number of esters is 1. The number of ether oxygens (including phenoxy) is 1. The van der Waals surface area contributed by atoms with Gasteiger partial charge in [0, 0.05) is 17.9 Å². The van der Waals surface area contributed by atoms with Gasteiger partial charge in [-0.05, 0) is 110 Å². The summed E-state index contributed by atoms with van der Waals surface area (Å²) < 4.78 is 4.84. The molecule has 3 unspecified atom stereocenters. The number of halogens is 1. The molecule has 6 nitrogen and oxygen atoms in total. The molecule has 0 aromatic heterocycles. The molecule has 2 aromatic rings. The number of carbonyl (C=O) groups is 2. The molecule has 2 aromatic carbocycles. The predicted molar refractivity (Wildman–Crippen MR) is 149 cm³/mol. The van der Waals surface area contributed by atoms with Crippen LogP contribution in [0, 0.1) is 17.8 Å². The molecule has 2 saturated carbocycles. The second kappa shape index (κ2) is 10.6. The second-order valence-electron chi connectivity index (χ2n) is 11.6. The lowest BCUT2D eigenvalue weighted by Gasteiger charge is -2.50. The number of anilines is 3. The normalized spacial score (nSPS) is 29.0. The predicted octanol–water partition coefficient (Wildman–Crippen LogP) is 7.36. The fourth-order valence-corrected chi connectivity index (χ4v) is 7.61. The van der Waals surface area contributed by atoms with Gasteiger partial charge in [0.05, 0.1) is 17.8 Å². The van der Waals surface area contributed by atoms with E-state index in [1.807, 2.05) is 24.3 Å². The van der Waals surface area contributed by atoms with E-state index < -0.39 is 6.04 Å². The van der Waals surface area contributed by atoms with Crippen molar-refractivity contribution < 1.29 is 14.3 Å². The van der Waals surface area contributed by atoms with Gasteiger partial charge in [-0.3, -0.25) is 0 Å². The highest BCUT2D eigenvalue weighted by molar-refractivity contribution is 6.33. The van der Waals surface area contributed by atoms with Crippen molar-refractivity contribution in [3.63, 3.8) is 0 Å². The van der Waals surface area contributed by atoms with Crippen LogP contribution < -0.4 is 10.6 Å². The van der Waals surface area contributed by atoms with E-state index in [4.69, 9.17) is 16.3 Å². The third-order valence-electron chi connectivity index (χ3n) is 8.61. The average molecular weight is 524 g/mol. The van der Waals surface area contributed by atoms with E-state index in [1.165, 1.54) is 44.8 Å². The number of urea groups is 1. The minimum Gasteiger partial charge on any atom is -0.467 e. The first-order chi connectivity index (χ1) is 17.8. The van der Waals surface area contributed by atoms with Crippen LogP contribution in [0.1, 0.15) is 64.4 Å². The number of hydrogen-bond donors (Lipinski definition) is 2. The lowest BCUT2D eigenvalue weighted by atomic mass is 9.54. The van der Waals surface area contributed by atoms with E-state index in [9.17, 15) is 9.59 Å². The van der Waals surface area contributed by atoms with Gasteiger partial charge in [0.15, 0.2) is 0 Å². The number of carbonyl (C=O) groups excluding carboxylic acids is 2. The molecule has 0 radical (unpaired) electrons. The fourth-order valence-electron chi connectivity index (χ4n) is 7.38. The van der Waals surface area contributed by atoms with Crippen molar-refractivity contribution in [3.8, 4) is 0 Å². The van der Waals surface area contributed by atoms with Gasteiger partial charge >= 0.3 is 12.0 Å². The zero-order chi connectivity index (χ0) is 26.2. The number of methoxy groups -OCH3 is 1. The van der Waals surface area contributed by atoms with Gasteiger partial charge in [-0.15, -0.1) is 0 Å². The Morgan fingerprint density at radius 1 is 1.00 bits per heavy atom.